The van der Waals surface area contributed by atoms with E-state index in [-0.39, 0.29) is 42.4 Å². The molecule has 0 saturated heterocycles. The van der Waals surface area contributed by atoms with Crippen LogP contribution in [0.2, 0.25) is 0 Å². The molecule has 1 aliphatic rings. The number of amides is 1. The Hall–Kier alpha value is -3.40. The summed E-state index contributed by atoms with van der Waals surface area (Å²) in [7, 11) is 0. The van der Waals surface area contributed by atoms with E-state index in [0.29, 0.717) is 18.8 Å². The molecule has 10 heteroatoms. The van der Waals surface area contributed by atoms with Crippen molar-refractivity contribution in [2.75, 3.05) is 25.0 Å². The average Bonchev–Trinajstić information content (AvgIpc) is 2.73. The van der Waals surface area contributed by atoms with Crippen LogP contribution in [-0.4, -0.2) is 47.2 Å². The molecule has 0 saturated carbocycles. The van der Waals surface area contributed by atoms with Gasteiger partial charge in [0, 0.05) is 25.0 Å². The molecule has 10 nitrogen and oxygen atoms in total. The zero-order valence-corrected chi connectivity index (χ0v) is 17.1. The number of nitrogens with two attached hydrogens (primary N) is 1. The number of hydrogen-bond acceptors (Lipinski definition) is 8. The van der Waals surface area contributed by atoms with E-state index in [1.807, 2.05) is 12.1 Å². The molecule has 1 aromatic heterocycles. The Morgan fingerprint density at radius 2 is 2.17 bits per heavy atom. The molecule has 5 N–H and O–H groups in total. The Morgan fingerprint density at radius 1 is 1.37 bits per heavy atom. The van der Waals surface area contributed by atoms with Crippen LogP contribution in [0, 0.1) is 13.8 Å². The molecule has 0 radical (unpaired) electrons. The smallest absolute Gasteiger partial charge is 0.293 e. The first-order chi connectivity index (χ1) is 14.4. The van der Waals surface area contributed by atoms with Crippen molar-refractivity contribution in [2.24, 2.45) is 10.7 Å². The lowest BCUT2D eigenvalue weighted by molar-refractivity contribution is -0.122. The highest BCUT2D eigenvalue weighted by Crippen LogP contribution is 2.08. The van der Waals surface area contributed by atoms with Crippen LogP contribution in [-0.2, 0) is 22.6 Å². The minimum absolute atomic E-state index is 0.106. The van der Waals surface area contributed by atoms with Crippen LogP contribution < -0.4 is 27.4 Å². The lowest BCUT2D eigenvalue weighted by Crippen LogP contribution is -2.46. The van der Waals surface area contributed by atoms with E-state index in [1.54, 1.807) is 13.1 Å². The van der Waals surface area contributed by atoms with Gasteiger partial charge in [-0.3, -0.25) is 19.0 Å². The van der Waals surface area contributed by atoms with Crippen LogP contribution in [0.5, 0.6) is 0 Å². The molecule has 0 spiro atoms. The Labute approximate surface area is 174 Å². The summed E-state index contributed by atoms with van der Waals surface area (Å²) in [6.07, 6.45) is 2.02. The fourth-order valence-corrected chi connectivity index (χ4v) is 3.04. The van der Waals surface area contributed by atoms with Crippen molar-refractivity contribution in [1.82, 2.24) is 20.3 Å². The zero-order chi connectivity index (χ0) is 21.5. The van der Waals surface area contributed by atoms with Gasteiger partial charge in [-0.1, -0.05) is 24.3 Å². The number of hydrogen-bond donors (Lipinski definition) is 4. The second-order valence-corrected chi connectivity index (χ2v) is 7.11. The number of benzene rings is 1. The van der Waals surface area contributed by atoms with Crippen molar-refractivity contribution in [3.63, 3.8) is 0 Å². The van der Waals surface area contributed by atoms with Crippen LogP contribution in [0.15, 0.2) is 40.2 Å². The van der Waals surface area contributed by atoms with Gasteiger partial charge in [0.15, 0.2) is 5.82 Å². The van der Waals surface area contributed by atoms with E-state index in [9.17, 15) is 9.59 Å². The lowest BCUT2D eigenvalue weighted by atomic mass is 10.1. The first kappa shape index (κ1) is 21.3. The van der Waals surface area contributed by atoms with Gasteiger partial charge < -0.3 is 16.4 Å². The van der Waals surface area contributed by atoms with Crippen LogP contribution in [0.1, 0.15) is 16.8 Å². The number of carbonyl (C=O) groups is 1. The second-order valence-electron chi connectivity index (χ2n) is 7.11. The van der Waals surface area contributed by atoms with E-state index in [0.717, 1.165) is 6.42 Å². The quantitative estimate of drug-likeness (QED) is 0.472. The zero-order valence-electron chi connectivity index (χ0n) is 17.1. The van der Waals surface area contributed by atoms with Crippen molar-refractivity contribution in [3.8, 4) is 0 Å². The van der Waals surface area contributed by atoms with Crippen LogP contribution in [0.25, 0.3) is 0 Å². The Morgan fingerprint density at radius 3 is 2.90 bits per heavy atom. The minimum Gasteiger partial charge on any atom is -0.368 e. The predicted octanol–water partition coefficient (Wildman–Crippen LogP) is -0.151. The van der Waals surface area contributed by atoms with E-state index in [1.165, 1.54) is 15.7 Å². The maximum absolute atomic E-state index is 12.8. The highest BCUT2D eigenvalue weighted by Gasteiger charge is 2.17. The summed E-state index contributed by atoms with van der Waals surface area (Å²) in [6.45, 7) is 4.86. The molecule has 0 bridgehead atoms. The number of nitrogens with one attached hydrogen (secondary N) is 3. The fourth-order valence-electron chi connectivity index (χ4n) is 3.04. The fraction of sp³-hybridized carbons (Fsp3) is 0.400. The Bertz CT molecular complexity index is 987. The van der Waals surface area contributed by atoms with Gasteiger partial charge in [0.05, 0.1) is 6.54 Å². The summed E-state index contributed by atoms with van der Waals surface area (Å²) >= 11 is 0. The number of nitrogens with zero attached hydrogens (tertiary/aromatic N) is 3. The minimum atomic E-state index is -0.331. The topological polar surface area (TPSA) is 136 Å². The summed E-state index contributed by atoms with van der Waals surface area (Å²) in [5.74, 6) is 0.133. The normalized spacial score (nSPS) is 15.8. The van der Waals surface area contributed by atoms with Gasteiger partial charge in [0.25, 0.3) is 5.56 Å². The summed E-state index contributed by atoms with van der Waals surface area (Å²) in [5, 5.41) is 5.83. The number of carbonyl (C=O) groups excluding carboxylic acids is 1. The van der Waals surface area contributed by atoms with Gasteiger partial charge in [-0.25, -0.2) is 15.5 Å². The lowest BCUT2D eigenvalue weighted by Gasteiger charge is -2.21. The number of anilines is 1. The maximum atomic E-state index is 12.8. The summed E-state index contributed by atoms with van der Waals surface area (Å²) in [5.41, 5.74) is 10.6. The van der Waals surface area contributed by atoms with Crippen molar-refractivity contribution in [2.45, 2.75) is 32.9 Å². The highest BCUT2D eigenvalue weighted by molar-refractivity contribution is 5.77. The molecule has 2 heterocycles. The van der Waals surface area contributed by atoms with Crippen molar-refractivity contribution < 1.29 is 9.63 Å². The largest absolute Gasteiger partial charge is 0.368 e. The van der Waals surface area contributed by atoms with E-state index in [2.05, 4.69) is 45.1 Å². The molecule has 2 aromatic rings. The molecule has 0 fully saturated rings. The third-order valence-corrected chi connectivity index (χ3v) is 4.83. The molecule has 1 unspecified atom stereocenters. The maximum Gasteiger partial charge on any atom is 0.293 e. The molecule has 1 aliphatic heterocycles. The molecule has 1 atom stereocenters. The number of aliphatic imine (C=N–C) groups is 1. The van der Waals surface area contributed by atoms with Gasteiger partial charge in [0.2, 0.25) is 11.9 Å². The average molecular weight is 413 g/mol. The van der Waals surface area contributed by atoms with E-state index >= 15 is 0 Å². The molecule has 30 heavy (non-hydrogen) atoms. The van der Waals surface area contributed by atoms with Gasteiger partial charge in [-0.05, 0) is 31.4 Å². The molecular formula is C20H27N7O3. The van der Waals surface area contributed by atoms with Crippen molar-refractivity contribution >= 4 is 17.7 Å². The first-order valence-corrected chi connectivity index (χ1v) is 9.77. The Balaban J connectivity index is 1.56. The Kier molecular flexibility index (Phi) is 7.02. The van der Waals surface area contributed by atoms with Crippen molar-refractivity contribution in [1.29, 1.82) is 0 Å². The number of guanidine groups is 1. The molecule has 3 rings (SSSR count). The van der Waals surface area contributed by atoms with Crippen molar-refractivity contribution in [3.05, 3.63) is 57.6 Å². The van der Waals surface area contributed by atoms with Crippen LogP contribution in [0.3, 0.4) is 0 Å². The van der Waals surface area contributed by atoms with Crippen LogP contribution >= 0.6 is 0 Å². The first-order valence-electron chi connectivity index (χ1n) is 9.77. The monoisotopic (exact) mass is 413 g/mol. The van der Waals surface area contributed by atoms with E-state index < -0.39 is 0 Å². The summed E-state index contributed by atoms with van der Waals surface area (Å²) < 4.78 is 1.40. The SMILES string of the molecule is Cc1ccccc1CCNc1ncc(C)n(CC(=O)NCC2CN=C(N)NO2)c1=O. The van der Waals surface area contributed by atoms with Gasteiger partial charge >= 0.3 is 0 Å². The number of hydroxylamine groups is 1. The summed E-state index contributed by atoms with van der Waals surface area (Å²) in [4.78, 5) is 38.5. The van der Waals surface area contributed by atoms with Crippen LogP contribution in [0.4, 0.5) is 5.82 Å². The molecule has 1 amide bonds. The molecule has 0 aliphatic carbocycles. The number of rotatable bonds is 8. The van der Waals surface area contributed by atoms with E-state index in [4.69, 9.17) is 10.6 Å². The van der Waals surface area contributed by atoms with Gasteiger partial charge in [-0.15, -0.1) is 0 Å². The number of aromatic nitrogens is 2. The number of aryl methyl sites for hydroxylation is 2. The molecule has 1 aromatic carbocycles. The van der Waals surface area contributed by atoms with Gasteiger partial charge in [-0.2, -0.15) is 0 Å². The second kappa shape index (κ2) is 9.88. The highest BCUT2D eigenvalue weighted by atomic mass is 16.7. The third kappa shape index (κ3) is 5.57. The third-order valence-electron chi connectivity index (χ3n) is 4.83. The molecular weight excluding hydrogens is 386 g/mol. The summed E-state index contributed by atoms with van der Waals surface area (Å²) in [6, 6.07) is 8.11. The standard InChI is InChI=1S/C20H27N7O3/c1-13-5-3-4-6-15(13)7-8-22-18-19(29)27(14(2)9-24-18)12-17(28)23-10-16-11-25-20(21)26-30-16/h3-6,9,16H,7-8,10-12H2,1-2H3,(H,22,24)(H,23,28)(H3,21,25,26). The molecule has 160 valence electrons. The van der Waals surface area contributed by atoms with Gasteiger partial charge in [0.1, 0.15) is 12.6 Å². The predicted molar refractivity (Wildman–Crippen MR) is 114 cm³/mol.